The fourth-order valence-corrected chi connectivity index (χ4v) is 5.72. The second kappa shape index (κ2) is 8.81. The molecule has 0 bridgehead atoms. The van der Waals surface area contributed by atoms with Gasteiger partial charge in [0.2, 0.25) is 21.8 Å². The molecule has 0 aromatic heterocycles. The molecule has 2 aliphatic heterocycles. The van der Waals surface area contributed by atoms with E-state index in [9.17, 15) is 18.0 Å². The molecule has 29 heavy (non-hydrogen) atoms. The predicted octanol–water partition coefficient (Wildman–Crippen LogP) is 0.817. The van der Waals surface area contributed by atoms with Crippen LogP contribution in [0.3, 0.4) is 0 Å². The predicted molar refractivity (Wildman–Crippen MR) is 111 cm³/mol. The summed E-state index contributed by atoms with van der Waals surface area (Å²) in [6, 6.07) is 5.08. The summed E-state index contributed by atoms with van der Waals surface area (Å²) in [5.41, 5.74) is 1.69. The molecule has 1 aromatic carbocycles. The largest absolute Gasteiger partial charge is 0.355 e. The molecule has 1 fully saturated rings. The summed E-state index contributed by atoms with van der Waals surface area (Å²) in [6.45, 7) is 8.25. The third kappa shape index (κ3) is 4.62. The van der Waals surface area contributed by atoms with Crippen LogP contribution in [-0.2, 0) is 26.0 Å². The normalized spacial score (nSPS) is 20.9. The van der Waals surface area contributed by atoms with E-state index >= 15 is 0 Å². The molecule has 2 amide bonds. The van der Waals surface area contributed by atoms with Crippen LogP contribution < -0.4 is 10.2 Å². The van der Waals surface area contributed by atoms with Gasteiger partial charge in [-0.1, -0.05) is 0 Å². The van der Waals surface area contributed by atoms with Gasteiger partial charge < -0.3 is 10.2 Å². The Morgan fingerprint density at radius 2 is 1.93 bits per heavy atom. The molecule has 0 spiro atoms. The molecular weight excluding hydrogens is 392 g/mol. The summed E-state index contributed by atoms with van der Waals surface area (Å²) in [7, 11) is -3.62. The average molecular weight is 423 g/mol. The lowest BCUT2D eigenvalue weighted by Gasteiger charge is -2.22. The monoisotopic (exact) mass is 422 g/mol. The summed E-state index contributed by atoms with van der Waals surface area (Å²) in [4.78, 5) is 27.7. The molecule has 1 N–H and O–H groups in total. The van der Waals surface area contributed by atoms with Crippen molar-refractivity contribution in [2.24, 2.45) is 0 Å². The number of carbonyl (C=O) groups excluding carboxylic acids is 2. The first-order chi connectivity index (χ1) is 13.7. The fourth-order valence-electron chi connectivity index (χ4n) is 4.20. The number of hydrogen-bond acceptors (Lipinski definition) is 5. The van der Waals surface area contributed by atoms with E-state index in [0.717, 1.165) is 11.3 Å². The zero-order chi connectivity index (χ0) is 21.2. The Kier molecular flexibility index (Phi) is 6.60. The molecule has 1 atom stereocenters. The molecule has 1 unspecified atom stereocenters. The molecule has 8 nitrogen and oxygen atoms in total. The van der Waals surface area contributed by atoms with E-state index in [4.69, 9.17) is 0 Å². The van der Waals surface area contributed by atoms with Gasteiger partial charge >= 0.3 is 0 Å². The molecule has 2 heterocycles. The van der Waals surface area contributed by atoms with Crippen LogP contribution in [0, 0.1) is 0 Å². The molecule has 0 radical (unpaired) electrons. The van der Waals surface area contributed by atoms with Crippen LogP contribution in [0.4, 0.5) is 5.69 Å². The van der Waals surface area contributed by atoms with Gasteiger partial charge in [0.25, 0.3) is 0 Å². The number of fused-ring (bicyclic) bond motifs is 1. The molecule has 1 aromatic rings. The van der Waals surface area contributed by atoms with Gasteiger partial charge in [-0.15, -0.1) is 0 Å². The Morgan fingerprint density at radius 1 is 1.17 bits per heavy atom. The van der Waals surface area contributed by atoms with Crippen molar-refractivity contribution in [1.29, 1.82) is 0 Å². The minimum atomic E-state index is -3.62. The van der Waals surface area contributed by atoms with E-state index in [2.05, 4.69) is 5.32 Å². The van der Waals surface area contributed by atoms with E-state index in [1.165, 1.54) is 11.2 Å². The van der Waals surface area contributed by atoms with Gasteiger partial charge in [-0.05, 0) is 57.0 Å². The Labute approximate surface area is 172 Å². The average Bonchev–Trinajstić information content (AvgIpc) is 2.81. The van der Waals surface area contributed by atoms with E-state index in [-0.39, 0.29) is 22.8 Å². The smallest absolute Gasteiger partial charge is 0.243 e. The highest BCUT2D eigenvalue weighted by molar-refractivity contribution is 7.89. The van der Waals surface area contributed by atoms with Gasteiger partial charge in [-0.25, -0.2) is 8.42 Å². The SMILES string of the molecule is CCNC(=O)CN1CCCN(S(=O)(=O)c2ccc3c(c2)CC(C)N3C(C)=O)CC1. The molecule has 160 valence electrons. The van der Waals surface area contributed by atoms with Crippen molar-refractivity contribution in [3.63, 3.8) is 0 Å². The van der Waals surface area contributed by atoms with Gasteiger partial charge in [0, 0.05) is 44.8 Å². The lowest BCUT2D eigenvalue weighted by atomic mass is 10.1. The van der Waals surface area contributed by atoms with Crippen molar-refractivity contribution in [2.45, 2.75) is 44.6 Å². The van der Waals surface area contributed by atoms with Gasteiger partial charge in [-0.3, -0.25) is 14.5 Å². The second-order valence-electron chi connectivity index (χ2n) is 7.72. The number of carbonyl (C=O) groups is 2. The first-order valence-corrected chi connectivity index (χ1v) is 11.6. The summed E-state index contributed by atoms with van der Waals surface area (Å²) in [5, 5.41) is 2.78. The standard InChI is InChI=1S/C20H30N4O4S/c1-4-21-20(26)14-22-8-5-9-23(11-10-22)29(27,28)18-6-7-19-17(13-18)12-15(2)24(19)16(3)25/h6-7,13,15H,4-5,8-12,14H2,1-3H3,(H,21,26). The zero-order valence-electron chi connectivity index (χ0n) is 17.3. The van der Waals surface area contributed by atoms with Gasteiger partial charge in [0.1, 0.15) is 0 Å². The molecule has 0 saturated carbocycles. The molecule has 9 heteroatoms. The lowest BCUT2D eigenvalue weighted by molar-refractivity contribution is -0.122. The fraction of sp³-hybridized carbons (Fsp3) is 0.600. The summed E-state index contributed by atoms with van der Waals surface area (Å²) < 4.78 is 27.9. The molecule has 3 rings (SSSR count). The van der Waals surface area contributed by atoms with Crippen LogP contribution in [0.1, 0.15) is 32.8 Å². The second-order valence-corrected chi connectivity index (χ2v) is 9.66. The highest BCUT2D eigenvalue weighted by Crippen LogP contribution is 2.34. The molecule has 1 saturated heterocycles. The first kappa shape index (κ1) is 21.7. The number of benzene rings is 1. The topological polar surface area (TPSA) is 90.0 Å². The number of anilines is 1. The van der Waals surface area contributed by atoms with Crippen LogP contribution in [0.25, 0.3) is 0 Å². The van der Waals surface area contributed by atoms with Crippen molar-refractivity contribution in [1.82, 2.24) is 14.5 Å². The number of nitrogens with one attached hydrogen (secondary N) is 1. The van der Waals surface area contributed by atoms with E-state index in [0.29, 0.717) is 52.1 Å². The van der Waals surface area contributed by atoms with Crippen molar-refractivity contribution < 1.29 is 18.0 Å². The van der Waals surface area contributed by atoms with Crippen LogP contribution in [0.2, 0.25) is 0 Å². The highest BCUT2D eigenvalue weighted by atomic mass is 32.2. The Bertz CT molecular complexity index is 886. The number of nitrogens with zero attached hydrogens (tertiary/aromatic N) is 3. The quantitative estimate of drug-likeness (QED) is 0.759. The van der Waals surface area contributed by atoms with Crippen LogP contribution >= 0.6 is 0 Å². The van der Waals surface area contributed by atoms with Gasteiger partial charge in [0.05, 0.1) is 11.4 Å². The van der Waals surface area contributed by atoms with Crippen LogP contribution in [0.15, 0.2) is 23.1 Å². The van der Waals surface area contributed by atoms with Crippen LogP contribution in [-0.4, -0.2) is 74.7 Å². The minimum Gasteiger partial charge on any atom is -0.355 e. The highest BCUT2D eigenvalue weighted by Gasteiger charge is 2.32. The molecule has 2 aliphatic rings. The summed E-state index contributed by atoms with van der Waals surface area (Å²) in [5.74, 6) is -0.0712. The first-order valence-electron chi connectivity index (χ1n) is 10.2. The third-order valence-corrected chi connectivity index (χ3v) is 7.43. The van der Waals surface area contributed by atoms with E-state index in [1.54, 1.807) is 23.1 Å². The zero-order valence-corrected chi connectivity index (χ0v) is 18.2. The Balaban J connectivity index is 1.74. The van der Waals surface area contributed by atoms with E-state index in [1.807, 2.05) is 18.7 Å². The lowest BCUT2D eigenvalue weighted by Crippen LogP contribution is -2.40. The Hall–Kier alpha value is -1.97. The molecular formula is C20H30N4O4S. The maximum atomic E-state index is 13.2. The molecule has 0 aliphatic carbocycles. The van der Waals surface area contributed by atoms with Gasteiger partial charge in [0.15, 0.2) is 0 Å². The maximum Gasteiger partial charge on any atom is 0.243 e. The van der Waals surface area contributed by atoms with Crippen LogP contribution in [0.5, 0.6) is 0 Å². The Morgan fingerprint density at radius 3 is 2.62 bits per heavy atom. The third-order valence-electron chi connectivity index (χ3n) is 5.53. The summed E-state index contributed by atoms with van der Waals surface area (Å²) >= 11 is 0. The number of sulfonamides is 1. The van der Waals surface area contributed by atoms with Gasteiger partial charge in [-0.2, -0.15) is 4.31 Å². The number of amides is 2. The van der Waals surface area contributed by atoms with E-state index < -0.39 is 10.0 Å². The number of rotatable bonds is 5. The van der Waals surface area contributed by atoms with Crippen molar-refractivity contribution >= 4 is 27.5 Å². The number of hydrogen-bond donors (Lipinski definition) is 1. The van der Waals surface area contributed by atoms with Crippen molar-refractivity contribution in [3.8, 4) is 0 Å². The maximum absolute atomic E-state index is 13.2. The number of likely N-dealkylation sites (N-methyl/N-ethyl adjacent to an activating group) is 1. The summed E-state index contributed by atoms with van der Waals surface area (Å²) in [6.07, 6.45) is 1.33. The van der Waals surface area contributed by atoms with Crippen molar-refractivity contribution in [2.75, 3.05) is 44.2 Å². The minimum absolute atomic E-state index is 0.0291. The van der Waals surface area contributed by atoms with Crippen molar-refractivity contribution in [3.05, 3.63) is 23.8 Å².